The fourth-order valence-electron chi connectivity index (χ4n) is 2.98. The van der Waals surface area contributed by atoms with Crippen LogP contribution in [-0.4, -0.2) is 24.5 Å². The Morgan fingerprint density at radius 2 is 2.00 bits per heavy atom. The summed E-state index contributed by atoms with van der Waals surface area (Å²) in [5, 5.41) is 3.93. The third-order valence-electron chi connectivity index (χ3n) is 4.42. The van der Waals surface area contributed by atoms with Crippen molar-refractivity contribution in [3.8, 4) is 5.75 Å². The smallest absolute Gasteiger partial charge is 0.255 e. The van der Waals surface area contributed by atoms with Gasteiger partial charge in [0.25, 0.3) is 5.91 Å². The van der Waals surface area contributed by atoms with Crippen LogP contribution in [0, 0.1) is 5.82 Å². The minimum atomic E-state index is -0.326. The highest BCUT2D eigenvalue weighted by atomic mass is 19.1. The van der Waals surface area contributed by atoms with Crippen molar-refractivity contribution in [2.24, 2.45) is 0 Å². The topological polar surface area (TPSA) is 54.1 Å². The summed E-state index contributed by atoms with van der Waals surface area (Å²) in [5.74, 6) is 0.0833. The predicted molar refractivity (Wildman–Crippen MR) is 96.6 cm³/mol. The molecule has 0 bridgehead atoms. The van der Waals surface area contributed by atoms with Crippen molar-refractivity contribution < 1.29 is 13.9 Å². The van der Waals surface area contributed by atoms with Crippen molar-refractivity contribution in [3.63, 3.8) is 0 Å². The molecule has 2 N–H and O–H groups in total. The molecule has 0 unspecified atom stereocenters. The SMILES string of the molecule is COc1ccccc1C(=O)NCC(C)(C)c1c[nH]c2cc(F)ccc12. The number of hydrogen-bond acceptors (Lipinski definition) is 2. The van der Waals surface area contributed by atoms with E-state index in [-0.39, 0.29) is 17.1 Å². The van der Waals surface area contributed by atoms with Gasteiger partial charge in [-0.3, -0.25) is 4.79 Å². The van der Waals surface area contributed by atoms with Crippen molar-refractivity contribution >= 4 is 16.8 Å². The molecule has 0 saturated heterocycles. The number of fused-ring (bicyclic) bond motifs is 1. The number of carbonyl (C=O) groups excluding carboxylic acids is 1. The van der Waals surface area contributed by atoms with E-state index in [0.717, 1.165) is 16.5 Å². The summed E-state index contributed by atoms with van der Waals surface area (Å²) in [5.41, 5.74) is 1.96. The van der Waals surface area contributed by atoms with Gasteiger partial charge in [0.2, 0.25) is 0 Å². The molecule has 0 aliphatic carbocycles. The van der Waals surface area contributed by atoms with E-state index in [1.54, 1.807) is 31.4 Å². The quantitative estimate of drug-likeness (QED) is 0.737. The van der Waals surface area contributed by atoms with Crippen molar-refractivity contribution in [3.05, 3.63) is 65.6 Å². The van der Waals surface area contributed by atoms with Gasteiger partial charge in [-0.2, -0.15) is 0 Å². The van der Waals surface area contributed by atoms with Crippen LogP contribution in [0.3, 0.4) is 0 Å². The van der Waals surface area contributed by atoms with Crippen molar-refractivity contribution in [2.75, 3.05) is 13.7 Å². The Morgan fingerprint density at radius 1 is 1.24 bits per heavy atom. The van der Waals surface area contributed by atoms with E-state index in [9.17, 15) is 9.18 Å². The van der Waals surface area contributed by atoms with Crippen molar-refractivity contribution in [2.45, 2.75) is 19.3 Å². The Morgan fingerprint density at radius 3 is 2.76 bits per heavy atom. The largest absolute Gasteiger partial charge is 0.496 e. The lowest BCUT2D eigenvalue weighted by Gasteiger charge is -2.25. The van der Waals surface area contributed by atoms with Gasteiger partial charge in [0.1, 0.15) is 11.6 Å². The van der Waals surface area contributed by atoms with Gasteiger partial charge in [-0.15, -0.1) is 0 Å². The Bertz CT molecular complexity index is 915. The second-order valence-electron chi connectivity index (χ2n) is 6.66. The molecule has 0 spiro atoms. The first-order valence-corrected chi connectivity index (χ1v) is 8.11. The summed E-state index contributed by atoms with van der Waals surface area (Å²) < 4.78 is 18.6. The normalized spacial score (nSPS) is 11.5. The number of ether oxygens (including phenoxy) is 1. The number of nitrogens with one attached hydrogen (secondary N) is 2. The second-order valence-corrected chi connectivity index (χ2v) is 6.66. The van der Waals surface area contributed by atoms with Crippen LogP contribution in [0.5, 0.6) is 5.75 Å². The second kappa shape index (κ2) is 6.59. The number of halogens is 1. The number of aromatic amines is 1. The fraction of sp³-hybridized carbons (Fsp3) is 0.250. The summed E-state index contributed by atoms with van der Waals surface area (Å²) in [4.78, 5) is 15.6. The molecule has 0 fully saturated rings. The van der Waals surface area contributed by atoms with E-state index < -0.39 is 0 Å². The van der Waals surface area contributed by atoms with Crippen LogP contribution in [0.25, 0.3) is 10.9 Å². The summed E-state index contributed by atoms with van der Waals surface area (Å²) in [6.45, 7) is 4.52. The number of methoxy groups -OCH3 is 1. The fourth-order valence-corrected chi connectivity index (χ4v) is 2.98. The van der Waals surface area contributed by atoms with Gasteiger partial charge in [-0.1, -0.05) is 26.0 Å². The maximum Gasteiger partial charge on any atom is 0.255 e. The Hall–Kier alpha value is -2.82. The van der Waals surface area contributed by atoms with E-state index >= 15 is 0 Å². The lowest BCUT2D eigenvalue weighted by Crippen LogP contribution is -2.36. The molecule has 1 heterocycles. The molecule has 0 saturated carbocycles. The first kappa shape index (κ1) is 17.0. The number of hydrogen-bond donors (Lipinski definition) is 2. The van der Waals surface area contributed by atoms with Gasteiger partial charge >= 0.3 is 0 Å². The average molecular weight is 340 g/mol. The summed E-state index contributed by atoms with van der Waals surface area (Å²) in [7, 11) is 1.54. The number of aromatic nitrogens is 1. The molecule has 4 nitrogen and oxygen atoms in total. The minimum Gasteiger partial charge on any atom is -0.496 e. The number of amides is 1. The number of carbonyl (C=O) groups is 1. The number of benzene rings is 2. The first-order chi connectivity index (χ1) is 11.9. The molecule has 1 aromatic heterocycles. The van der Waals surface area contributed by atoms with Gasteiger partial charge in [-0.05, 0) is 35.9 Å². The highest BCUT2D eigenvalue weighted by Gasteiger charge is 2.25. The van der Waals surface area contributed by atoms with Crippen LogP contribution >= 0.6 is 0 Å². The van der Waals surface area contributed by atoms with E-state index in [1.807, 2.05) is 26.1 Å². The number of rotatable bonds is 5. The summed E-state index contributed by atoms with van der Waals surface area (Å²) >= 11 is 0. The van der Waals surface area contributed by atoms with E-state index in [1.165, 1.54) is 12.1 Å². The lowest BCUT2D eigenvalue weighted by atomic mass is 9.84. The zero-order valence-electron chi connectivity index (χ0n) is 14.5. The molecular weight excluding hydrogens is 319 g/mol. The molecule has 25 heavy (non-hydrogen) atoms. The van der Waals surface area contributed by atoms with Gasteiger partial charge in [-0.25, -0.2) is 4.39 Å². The minimum absolute atomic E-state index is 0.184. The third-order valence-corrected chi connectivity index (χ3v) is 4.42. The van der Waals surface area contributed by atoms with E-state index in [0.29, 0.717) is 17.9 Å². The van der Waals surface area contributed by atoms with Crippen LogP contribution in [0.4, 0.5) is 4.39 Å². The van der Waals surface area contributed by atoms with Gasteiger partial charge in [0, 0.05) is 29.1 Å². The van der Waals surface area contributed by atoms with Crippen LogP contribution in [0.15, 0.2) is 48.7 Å². The molecule has 0 aliphatic rings. The zero-order chi connectivity index (χ0) is 18.0. The van der Waals surface area contributed by atoms with Crippen LogP contribution in [0.2, 0.25) is 0 Å². The molecule has 0 aliphatic heterocycles. The van der Waals surface area contributed by atoms with E-state index in [2.05, 4.69) is 10.3 Å². The Labute approximate surface area is 146 Å². The van der Waals surface area contributed by atoms with Crippen LogP contribution in [0.1, 0.15) is 29.8 Å². The lowest BCUT2D eigenvalue weighted by molar-refractivity contribution is 0.0942. The van der Waals surface area contributed by atoms with Gasteiger partial charge in [0.05, 0.1) is 12.7 Å². The number of H-pyrrole nitrogens is 1. The number of para-hydroxylation sites is 1. The first-order valence-electron chi connectivity index (χ1n) is 8.11. The van der Waals surface area contributed by atoms with Crippen LogP contribution < -0.4 is 10.1 Å². The maximum atomic E-state index is 13.4. The van der Waals surface area contributed by atoms with Crippen LogP contribution in [-0.2, 0) is 5.41 Å². The molecule has 2 aromatic carbocycles. The molecular formula is C20H21FN2O2. The molecule has 1 amide bonds. The van der Waals surface area contributed by atoms with Crippen molar-refractivity contribution in [1.29, 1.82) is 0 Å². The Kier molecular flexibility index (Phi) is 4.49. The molecule has 130 valence electrons. The standard InChI is InChI=1S/C20H21FN2O2/c1-20(2,16-11-22-17-10-13(21)8-9-14(16)17)12-23-19(24)15-6-4-5-7-18(15)25-3/h4-11,22H,12H2,1-3H3,(H,23,24). The Balaban J connectivity index is 1.80. The molecule has 3 rings (SSSR count). The highest BCUT2D eigenvalue weighted by Crippen LogP contribution is 2.30. The monoisotopic (exact) mass is 340 g/mol. The van der Waals surface area contributed by atoms with Gasteiger partial charge < -0.3 is 15.0 Å². The molecule has 3 aromatic rings. The predicted octanol–water partition coefficient (Wildman–Crippen LogP) is 4.02. The van der Waals surface area contributed by atoms with Gasteiger partial charge in [0.15, 0.2) is 0 Å². The average Bonchev–Trinajstić information content (AvgIpc) is 3.03. The maximum absolute atomic E-state index is 13.4. The molecule has 0 radical (unpaired) electrons. The zero-order valence-corrected chi connectivity index (χ0v) is 14.5. The summed E-state index contributed by atoms with van der Waals surface area (Å²) in [6, 6.07) is 11.8. The molecule has 5 heteroatoms. The molecule has 0 atom stereocenters. The summed E-state index contributed by atoms with van der Waals surface area (Å²) in [6.07, 6.45) is 1.87. The van der Waals surface area contributed by atoms with E-state index in [4.69, 9.17) is 4.74 Å². The van der Waals surface area contributed by atoms with Crippen molar-refractivity contribution in [1.82, 2.24) is 10.3 Å². The highest BCUT2D eigenvalue weighted by molar-refractivity contribution is 5.97. The third kappa shape index (κ3) is 3.36.